The second-order valence-corrected chi connectivity index (χ2v) is 5.74. The third-order valence-corrected chi connectivity index (χ3v) is 4.23. The Morgan fingerprint density at radius 2 is 1.91 bits per heavy atom. The van der Waals surface area contributed by atoms with Crippen LogP contribution in [0.15, 0.2) is 48.5 Å². The molecule has 0 aliphatic heterocycles. The number of nitrogens with one attached hydrogen (secondary N) is 1. The Hall–Kier alpha value is -2.42. The van der Waals surface area contributed by atoms with E-state index in [-0.39, 0.29) is 24.0 Å². The van der Waals surface area contributed by atoms with Crippen molar-refractivity contribution in [2.45, 2.75) is 25.7 Å². The molecule has 1 N–H and O–H groups in total. The van der Waals surface area contributed by atoms with Crippen molar-refractivity contribution in [3.05, 3.63) is 70.8 Å². The first-order valence-corrected chi connectivity index (χ1v) is 7.61. The lowest BCUT2D eigenvalue weighted by molar-refractivity contribution is -0.122. The number of hydrogen-bond donors (Lipinski definition) is 1. The number of carbonyl (C=O) groups is 2. The zero-order valence-electron chi connectivity index (χ0n) is 12.6. The topological polar surface area (TPSA) is 46.2 Å². The molecule has 2 aromatic carbocycles. The van der Waals surface area contributed by atoms with Gasteiger partial charge in [0.2, 0.25) is 5.91 Å². The normalized spacial score (nSPS) is 16.4. The molecule has 3 heteroatoms. The SMILES string of the molecule is Cc1cccc2c1C(C(=O)NCCc1ccccc1)CC2=O. The quantitative estimate of drug-likeness (QED) is 0.942. The van der Waals surface area contributed by atoms with E-state index < -0.39 is 0 Å². The summed E-state index contributed by atoms with van der Waals surface area (Å²) >= 11 is 0. The highest BCUT2D eigenvalue weighted by Crippen LogP contribution is 2.35. The van der Waals surface area contributed by atoms with Gasteiger partial charge < -0.3 is 5.32 Å². The summed E-state index contributed by atoms with van der Waals surface area (Å²) < 4.78 is 0. The van der Waals surface area contributed by atoms with Crippen LogP contribution >= 0.6 is 0 Å². The molecule has 0 saturated heterocycles. The first kappa shape index (κ1) is 14.5. The Morgan fingerprint density at radius 1 is 1.14 bits per heavy atom. The molecule has 0 saturated carbocycles. The zero-order valence-corrected chi connectivity index (χ0v) is 12.6. The van der Waals surface area contributed by atoms with E-state index in [2.05, 4.69) is 5.32 Å². The maximum atomic E-state index is 12.4. The summed E-state index contributed by atoms with van der Waals surface area (Å²) in [4.78, 5) is 24.5. The summed E-state index contributed by atoms with van der Waals surface area (Å²) in [6.07, 6.45) is 1.09. The van der Waals surface area contributed by atoms with Gasteiger partial charge in [-0.05, 0) is 30.0 Å². The van der Waals surface area contributed by atoms with Crippen LogP contribution in [0.3, 0.4) is 0 Å². The highest BCUT2D eigenvalue weighted by Gasteiger charge is 2.35. The van der Waals surface area contributed by atoms with Gasteiger partial charge in [-0.3, -0.25) is 9.59 Å². The second-order valence-electron chi connectivity index (χ2n) is 5.74. The van der Waals surface area contributed by atoms with E-state index >= 15 is 0 Å². The van der Waals surface area contributed by atoms with Crippen molar-refractivity contribution in [3.8, 4) is 0 Å². The van der Waals surface area contributed by atoms with Crippen LogP contribution in [0, 0.1) is 6.92 Å². The molecule has 112 valence electrons. The molecule has 2 aromatic rings. The Kier molecular flexibility index (Phi) is 4.05. The van der Waals surface area contributed by atoms with Crippen LogP contribution in [0.2, 0.25) is 0 Å². The Morgan fingerprint density at radius 3 is 2.68 bits per heavy atom. The van der Waals surface area contributed by atoms with E-state index in [4.69, 9.17) is 0 Å². The van der Waals surface area contributed by atoms with Crippen LogP contribution < -0.4 is 5.32 Å². The van der Waals surface area contributed by atoms with Crippen molar-refractivity contribution < 1.29 is 9.59 Å². The highest BCUT2D eigenvalue weighted by atomic mass is 16.2. The molecule has 1 unspecified atom stereocenters. The van der Waals surface area contributed by atoms with Crippen molar-refractivity contribution in [1.29, 1.82) is 0 Å². The molecule has 0 bridgehead atoms. The van der Waals surface area contributed by atoms with Crippen molar-refractivity contribution in [3.63, 3.8) is 0 Å². The van der Waals surface area contributed by atoms with Crippen LogP contribution in [-0.4, -0.2) is 18.2 Å². The highest BCUT2D eigenvalue weighted by molar-refractivity contribution is 6.07. The second kappa shape index (κ2) is 6.14. The van der Waals surface area contributed by atoms with Crippen molar-refractivity contribution >= 4 is 11.7 Å². The molecule has 1 aliphatic rings. The first-order valence-electron chi connectivity index (χ1n) is 7.61. The molecule has 0 radical (unpaired) electrons. The van der Waals surface area contributed by atoms with Gasteiger partial charge >= 0.3 is 0 Å². The van der Waals surface area contributed by atoms with Gasteiger partial charge in [0, 0.05) is 18.5 Å². The fourth-order valence-electron chi connectivity index (χ4n) is 3.11. The lowest BCUT2D eigenvalue weighted by Gasteiger charge is -2.13. The summed E-state index contributed by atoms with van der Waals surface area (Å²) in [7, 11) is 0. The number of benzene rings is 2. The summed E-state index contributed by atoms with van der Waals surface area (Å²) in [5, 5.41) is 2.97. The lowest BCUT2D eigenvalue weighted by atomic mass is 9.96. The Bertz CT molecular complexity index is 707. The smallest absolute Gasteiger partial charge is 0.228 e. The summed E-state index contributed by atoms with van der Waals surface area (Å²) in [5.41, 5.74) is 3.83. The number of hydrogen-bond acceptors (Lipinski definition) is 2. The maximum absolute atomic E-state index is 12.4. The molecule has 1 atom stereocenters. The monoisotopic (exact) mass is 293 g/mol. The van der Waals surface area contributed by atoms with Crippen molar-refractivity contribution in [2.75, 3.05) is 6.54 Å². The van der Waals surface area contributed by atoms with Gasteiger partial charge in [-0.15, -0.1) is 0 Å². The molecule has 0 fully saturated rings. The van der Waals surface area contributed by atoms with Crippen molar-refractivity contribution in [1.82, 2.24) is 5.32 Å². The first-order chi connectivity index (χ1) is 10.7. The van der Waals surface area contributed by atoms with Crippen LogP contribution in [0.1, 0.15) is 39.4 Å². The summed E-state index contributed by atoms with van der Waals surface area (Å²) in [6.45, 7) is 2.55. The Balaban J connectivity index is 1.66. The molecule has 0 heterocycles. The predicted molar refractivity (Wildman–Crippen MR) is 86.0 cm³/mol. The number of ketones is 1. The van der Waals surface area contributed by atoms with Gasteiger partial charge in [0.1, 0.15) is 0 Å². The average Bonchev–Trinajstić information content (AvgIpc) is 2.87. The fourth-order valence-corrected chi connectivity index (χ4v) is 3.11. The van der Waals surface area contributed by atoms with Gasteiger partial charge in [-0.2, -0.15) is 0 Å². The third-order valence-electron chi connectivity index (χ3n) is 4.23. The minimum absolute atomic E-state index is 0.0441. The average molecular weight is 293 g/mol. The number of amides is 1. The molecular weight excluding hydrogens is 274 g/mol. The largest absolute Gasteiger partial charge is 0.355 e. The number of carbonyl (C=O) groups excluding carboxylic acids is 2. The van der Waals surface area contributed by atoms with Crippen LogP contribution in [0.5, 0.6) is 0 Å². The molecule has 1 amide bonds. The van der Waals surface area contributed by atoms with Crippen LogP contribution in [0.25, 0.3) is 0 Å². The van der Waals surface area contributed by atoms with E-state index in [1.54, 1.807) is 0 Å². The van der Waals surface area contributed by atoms with Crippen molar-refractivity contribution in [2.24, 2.45) is 0 Å². The van der Waals surface area contributed by atoms with E-state index in [0.29, 0.717) is 12.1 Å². The predicted octanol–water partition coefficient (Wildman–Crippen LogP) is 3.02. The standard InChI is InChI=1S/C19H19NO2/c1-13-6-5-9-15-17(21)12-16(18(13)15)19(22)20-11-10-14-7-3-2-4-8-14/h2-9,16H,10-12H2,1H3,(H,20,22). The van der Waals surface area contributed by atoms with E-state index in [1.165, 1.54) is 5.56 Å². The third kappa shape index (κ3) is 2.80. The number of fused-ring (bicyclic) bond motifs is 1. The molecule has 3 nitrogen and oxygen atoms in total. The van der Waals surface area contributed by atoms with Crippen LogP contribution in [-0.2, 0) is 11.2 Å². The Labute approximate surface area is 130 Å². The number of aryl methyl sites for hydroxylation is 1. The molecule has 0 spiro atoms. The van der Waals surface area contributed by atoms with Gasteiger partial charge in [-0.25, -0.2) is 0 Å². The van der Waals surface area contributed by atoms with Crippen LogP contribution in [0.4, 0.5) is 0 Å². The van der Waals surface area contributed by atoms with Gasteiger partial charge in [0.05, 0.1) is 5.92 Å². The van der Waals surface area contributed by atoms with Gasteiger partial charge in [0.15, 0.2) is 5.78 Å². The lowest BCUT2D eigenvalue weighted by Crippen LogP contribution is -2.30. The zero-order chi connectivity index (χ0) is 15.5. The van der Waals surface area contributed by atoms with Gasteiger partial charge in [0.25, 0.3) is 0 Å². The summed E-state index contributed by atoms with van der Waals surface area (Å²) in [6, 6.07) is 15.7. The molecule has 3 rings (SSSR count). The summed E-state index contributed by atoms with van der Waals surface area (Å²) in [5.74, 6) is -0.307. The number of rotatable bonds is 4. The minimum atomic E-state index is -0.334. The maximum Gasteiger partial charge on any atom is 0.228 e. The van der Waals surface area contributed by atoms with Gasteiger partial charge in [-0.1, -0.05) is 48.5 Å². The fraction of sp³-hybridized carbons (Fsp3) is 0.263. The number of Topliss-reactive ketones (excluding diaryl/α,β-unsaturated/α-hetero) is 1. The minimum Gasteiger partial charge on any atom is -0.355 e. The molecular formula is C19H19NO2. The van der Waals surface area contributed by atoms with E-state index in [9.17, 15) is 9.59 Å². The van der Waals surface area contributed by atoms with E-state index in [0.717, 1.165) is 17.5 Å². The molecule has 22 heavy (non-hydrogen) atoms. The molecule has 1 aliphatic carbocycles. The molecule has 0 aromatic heterocycles. The van der Waals surface area contributed by atoms with E-state index in [1.807, 2.05) is 55.5 Å².